The molecule has 0 unspecified atom stereocenters. The molecule has 2 aromatic heterocycles. The number of carbonyl (C=O) groups excluding carboxylic acids is 1. The zero-order valence-electron chi connectivity index (χ0n) is 12.7. The number of alkyl halides is 1. The van der Waals surface area contributed by atoms with Gasteiger partial charge in [-0.3, -0.25) is 10.1 Å². The third kappa shape index (κ3) is 3.67. The van der Waals surface area contributed by atoms with E-state index in [9.17, 15) is 9.18 Å². The van der Waals surface area contributed by atoms with Gasteiger partial charge in [0.25, 0.3) is 0 Å². The van der Waals surface area contributed by atoms with E-state index in [-0.39, 0.29) is 6.61 Å². The quantitative estimate of drug-likeness (QED) is 0.941. The average Bonchev–Trinajstić information content (AvgIpc) is 3.11. The predicted molar refractivity (Wildman–Crippen MR) is 82.7 cm³/mol. The summed E-state index contributed by atoms with van der Waals surface area (Å²) in [7, 11) is 0. The lowest BCUT2D eigenvalue weighted by molar-refractivity contribution is 0.0872. The molecule has 0 aromatic carbocycles. The molecule has 3 heterocycles. The largest absolute Gasteiger partial charge is 0.447 e. The number of halogens is 1. The Bertz CT molecular complexity index is 639. The van der Waals surface area contributed by atoms with Crippen molar-refractivity contribution < 1.29 is 13.9 Å². The van der Waals surface area contributed by atoms with Gasteiger partial charge in [0.1, 0.15) is 13.3 Å². The van der Waals surface area contributed by atoms with Gasteiger partial charge in [-0.1, -0.05) is 0 Å². The lowest BCUT2D eigenvalue weighted by Crippen LogP contribution is -2.38. The van der Waals surface area contributed by atoms with Crippen LogP contribution in [0.5, 0.6) is 0 Å². The molecule has 0 saturated carbocycles. The Labute approximate surface area is 133 Å². The zero-order chi connectivity index (χ0) is 16.1. The van der Waals surface area contributed by atoms with Crippen molar-refractivity contribution in [1.29, 1.82) is 0 Å². The van der Waals surface area contributed by atoms with Crippen molar-refractivity contribution in [2.24, 2.45) is 0 Å². The van der Waals surface area contributed by atoms with Gasteiger partial charge in [-0.05, 0) is 31.0 Å². The molecule has 122 valence electrons. The van der Waals surface area contributed by atoms with Gasteiger partial charge in [-0.25, -0.2) is 9.18 Å². The maximum Gasteiger partial charge on any atom is 0.409 e. The molecule has 3 rings (SSSR count). The summed E-state index contributed by atoms with van der Waals surface area (Å²) >= 11 is 0. The Morgan fingerprint density at radius 1 is 1.35 bits per heavy atom. The molecule has 2 aromatic rings. The van der Waals surface area contributed by atoms with Crippen LogP contribution in [0.25, 0.3) is 11.3 Å². The summed E-state index contributed by atoms with van der Waals surface area (Å²) in [5.41, 5.74) is 3.00. The minimum Gasteiger partial charge on any atom is -0.447 e. The molecule has 6 nitrogen and oxygen atoms in total. The standard InChI is InChI=1S/C16H19FN4O2/c17-5-10-23-16(22)21-8-3-13(4-9-21)15-11-14(19-20-15)12-1-6-18-7-2-12/h1-2,6-7,11,13H,3-5,8-10H2,(H,19,20). The van der Waals surface area contributed by atoms with Crippen LogP contribution in [0, 0.1) is 0 Å². The van der Waals surface area contributed by atoms with Crippen LogP contribution in [0.4, 0.5) is 9.18 Å². The fourth-order valence-electron chi connectivity index (χ4n) is 2.81. The first-order valence-electron chi connectivity index (χ1n) is 7.71. The van der Waals surface area contributed by atoms with Gasteiger partial charge in [0, 0.05) is 42.7 Å². The molecule has 0 atom stereocenters. The predicted octanol–water partition coefficient (Wildman–Crippen LogP) is 2.76. The van der Waals surface area contributed by atoms with Gasteiger partial charge in [0.2, 0.25) is 0 Å². The van der Waals surface area contributed by atoms with Gasteiger partial charge < -0.3 is 9.64 Å². The highest BCUT2D eigenvalue weighted by Crippen LogP contribution is 2.29. The monoisotopic (exact) mass is 318 g/mol. The Balaban J connectivity index is 1.58. The SMILES string of the molecule is O=C(OCCF)N1CCC(c2cc(-c3ccncc3)n[nH]2)CC1. The van der Waals surface area contributed by atoms with E-state index in [0.717, 1.165) is 29.8 Å². The first kappa shape index (κ1) is 15.5. The number of hydrogen-bond acceptors (Lipinski definition) is 4. The molecule has 23 heavy (non-hydrogen) atoms. The van der Waals surface area contributed by atoms with Gasteiger partial charge >= 0.3 is 6.09 Å². The van der Waals surface area contributed by atoms with E-state index >= 15 is 0 Å². The highest BCUT2D eigenvalue weighted by atomic mass is 19.1. The fraction of sp³-hybridized carbons (Fsp3) is 0.438. The molecule has 1 fully saturated rings. The number of aromatic nitrogens is 3. The zero-order valence-corrected chi connectivity index (χ0v) is 12.7. The summed E-state index contributed by atoms with van der Waals surface area (Å²) in [6, 6.07) is 5.89. The number of piperidine rings is 1. The molecule has 0 aliphatic carbocycles. The van der Waals surface area contributed by atoms with Crippen molar-refractivity contribution in [2.75, 3.05) is 26.4 Å². The van der Waals surface area contributed by atoms with Gasteiger partial charge in [0.05, 0.1) is 5.69 Å². The Hall–Kier alpha value is -2.44. The maximum atomic E-state index is 12.0. The summed E-state index contributed by atoms with van der Waals surface area (Å²) in [6.45, 7) is 0.404. The summed E-state index contributed by atoms with van der Waals surface area (Å²) in [6.07, 6.45) is 4.73. The summed E-state index contributed by atoms with van der Waals surface area (Å²) in [5, 5.41) is 7.45. The Morgan fingerprint density at radius 3 is 2.78 bits per heavy atom. The van der Waals surface area contributed by atoms with E-state index in [1.165, 1.54) is 0 Å². The van der Waals surface area contributed by atoms with Crippen molar-refractivity contribution in [1.82, 2.24) is 20.1 Å². The number of pyridine rings is 1. The second-order valence-electron chi connectivity index (χ2n) is 5.51. The number of hydrogen-bond donors (Lipinski definition) is 1. The second kappa shape index (κ2) is 7.21. The highest BCUT2D eigenvalue weighted by Gasteiger charge is 2.25. The topological polar surface area (TPSA) is 71.1 Å². The number of nitrogens with one attached hydrogen (secondary N) is 1. The van der Waals surface area contributed by atoms with Crippen LogP contribution in [0.15, 0.2) is 30.6 Å². The molecule has 1 amide bonds. The van der Waals surface area contributed by atoms with Crippen LogP contribution >= 0.6 is 0 Å². The van der Waals surface area contributed by atoms with Gasteiger partial charge in [-0.2, -0.15) is 5.10 Å². The first-order valence-corrected chi connectivity index (χ1v) is 7.71. The minimum atomic E-state index is -0.645. The average molecular weight is 318 g/mol. The smallest absolute Gasteiger partial charge is 0.409 e. The lowest BCUT2D eigenvalue weighted by Gasteiger charge is -2.30. The van der Waals surface area contributed by atoms with E-state index < -0.39 is 12.8 Å². The number of rotatable bonds is 4. The van der Waals surface area contributed by atoms with E-state index in [1.807, 2.05) is 12.1 Å². The molecular formula is C16H19FN4O2. The van der Waals surface area contributed by atoms with E-state index in [1.54, 1.807) is 17.3 Å². The van der Waals surface area contributed by atoms with Crippen LogP contribution < -0.4 is 0 Å². The number of amides is 1. The maximum absolute atomic E-state index is 12.0. The van der Waals surface area contributed by atoms with Crippen LogP contribution in [-0.4, -0.2) is 52.5 Å². The minimum absolute atomic E-state index is 0.172. The van der Waals surface area contributed by atoms with Crippen molar-refractivity contribution in [3.8, 4) is 11.3 Å². The summed E-state index contributed by atoms with van der Waals surface area (Å²) in [4.78, 5) is 17.3. The molecule has 0 bridgehead atoms. The first-order chi connectivity index (χ1) is 11.3. The molecule has 1 aliphatic rings. The van der Waals surface area contributed by atoms with Crippen molar-refractivity contribution in [3.63, 3.8) is 0 Å². The van der Waals surface area contributed by atoms with E-state index in [2.05, 4.69) is 21.2 Å². The van der Waals surface area contributed by atoms with Crippen LogP contribution in [0.1, 0.15) is 24.5 Å². The van der Waals surface area contributed by atoms with Gasteiger partial charge in [-0.15, -0.1) is 0 Å². The van der Waals surface area contributed by atoms with Crippen molar-refractivity contribution in [2.45, 2.75) is 18.8 Å². The number of carbonyl (C=O) groups is 1. The molecular weight excluding hydrogens is 299 g/mol. The molecule has 1 saturated heterocycles. The Kier molecular flexibility index (Phi) is 4.85. The van der Waals surface area contributed by atoms with Crippen LogP contribution in [-0.2, 0) is 4.74 Å². The molecule has 0 spiro atoms. The summed E-state index contributed by atoms with van der Waals surface area (Å²) in [5.74, 6) is 0.336. The third-order valence-electron chi connectivity index (χ3n) is 4.07. The molecule has 1 aliphatic heterocycles. The Morgan fingerprint density at radius 2 is 2.09 bits per heavy atom. The number of likely N-dealkylation sites (tertiary alicyclic amines) is 1. The van der Waals surface area contributed by atoms with E-state index in [4.69, 9.17) is 4.74 Å². The summed E-state index contributed by atoms with van der Waals surface area (Å²) < 4.78 is 16.9. The second-order valence-corrected chi connectivity index (χ2v) is 5.51. The highest BCUT2D eigenvalue weighted by molar-refractivity contribution is 5.67. The van der Waals surface area contributed by atoms with Crippen LogP contribution in [0.3, 0.4) is 0 Å². The van der Waals surface area contributed by atoms with Crippen molar-refractivity contribution >= 4 is 6.09 Å². The van der Waals surface area contributed by atoms with Crippen molar-refractivity contribution in [3.05, 3.63) is 36.3 Å². The molecule has 7 heteroatoms. The number of ether oxygens (including phenoxy) is 1. The third-order valence-corrected chi connectivity index (χ3v) is 4.07. The number of nitrogens with zero attached hydrogens (tertiary/aromatic N) is 3. The lowest BCUT2D eigenvalue weighted by atomic mass is 9.93. The number of aromatic amines is 1. The number of H-pyrrole nitrogens is 1. The van der Waals surface area contributed by atoms with E-state index in [0.29, 0.717) is 19.0 Å². The van der Waals surface area contributed by atoms with Crippen LogP contribution in [0.2, 0.25) is 0 Å². The normalized spacial score (nSPS) is 15.6. The molecule has 1 N–H and O–H groups in total. The van der Waals surface area contributed by atoms with Gasteiger partial charge in [0.15, 0.2) is 0 Å². The molecule has 0 radical (unpaired) electrons. The fourth-order valence-corrected chi connectivity index (χ4v) is 2.81.